The zero-order valence-electron chi connectivity index (χ0n) is 12.2. The van der Waals surface area contributed by atoms with Crippen LogP contribution in [-0.2, 0) is 0 Å². The van der Waals surface area contributed by atoms with Gasteiger partial charge in [-0.1, -0.05) is 76.7 Å². The van der Waals surface area contributed by atoms with Crippen molar-refractivity contribution in [3.63, 3.8) is 0 Å². The fourth-order valence-corrected chi connectivity index (χ4v) is 3.39. The SMILES string of the molecule is Cc1ccc(-c2ccc(-c3ccc(Cl)cc3Cl)cc2Cl)cc1Cl. The Bertz CT molecular complexity index is 885. The van der Waals surface area contributed by atoms with Crippen molar-refractivity contribution < 1.29 is 0 Å². The number of benzene rings is 3. The molecule has 0 unspecified atom stereocenters. The van der Waals surface area contributed by atoms with E-state index in [1.807, 2.05) is 55.5 Å². The topological polar surface area (TPSA) is 0 Å². The van der Waals surface area contributed by atoms with Crippen molar-refractivity contribution in [1.29, 1.82) is 0 Å². The third-order valence-corrected chi connectivity index (χ3v) is 4.96. The normalized spacial score (nSPS) is 10.8. The fourth-order valence-electron chi connectivity index (χ4n) is 2.40. The predicted molar refractivity (Wildman–Crippen MR) is 102 cm³/mol. The van der Waals surface area contributed by atoms with Crippen molar-refractivity contribution in [3.8, 4) is 22.3 Å². The van der Waals surface area contributed by atoms with Gasteiger partial charge in [0, 0.05) is 31.2 Å². The summed E-state index contributed by atoms with van der Waals surface area (Å²) in [6.07, 6.45) is 0. The molecule has 0 saturated heterocycles. The average molecular weight is 382 g/mol. The molecule has 0 amide bonds. The first-order valence-electron chi connectivity index (χ1n) is 6.97. The molecule has 3 aromatic rings. The van der Waals surface area contributed by atoms with Gasteiger partial charge in [-0.05, 0) is 47.9 Å². The van der Waals surface area contributed by atoms with Gasteiger partial charge in [-0.3, -0.25) is 0 Å². The van der Waals surface area contributed by atoms with Crippen LogP contribution in [0, 0.1) is 6.92 Å². The predicted octanol–water partition coefficient (Wildman–Crippen LogP) is 7.94. The molecule has 0 spiro atoms. The van der Waals surface area contributed by atoms with Crippen molar-refractivity contribution in [2.45, 2.75) is 6.92 Å². The van der Waals surface area contributed by atoms with Crippen molar-refractivity contribution >= 4 is 46.4 Å². The Hall–Kier alpha value is -1.18. The summed E-state index contributed by atoms with van der Waals surface area (Å²) in [5, 5.41) is 2.58. The Kier molecular flexibility index (Phi) is 4.89. The zero-order valence-corrected chi connectivity index (χ0v) is 15.2. The minimum Gasteiger partial charge on any atom is -0.0843 e. The third kappa shape index (κ3) is 3.51. The molecule has 0 heterocycles. The summed E-state index contributed by atoms with van der Waals surface area (Å²) in [7, 11) is 0. The monoisotopic (exact) mass is 380 g/mol. The van der Waals surface area contributed by atoms with Gasteiger partial charge in [-0.25, -0.2) is 0 Å². The molecular weight excluding hydrogens is 370 g/mol. The molecule has 0 bridgehead atoms. The summed E-state index contributed by atoms with van der Waals surface area (Å²) >= 11 is 24.9. The van der Waals surface area contributed by atoms with Gasteiger partial charge >= 0.3 is 0 Å². The lowest BCUT2D eigenvalue weighted by Gasteiger charge is -2.10. The summed E-state index contributed by atoms with van der Waals surface area (Å²) < 4.78 is 0. The highest BCUT2D eigenvalue weighted by Crippen LogP contribution is 2.36. The van der Waals surface area contributed by atoms with Gasteiger partial charge in [0.1, 0.15) is 0 Å². The van der Waals surface area contributed by atoms with E-state index in [2.05, 4.69) is 0 Å². The molecule has 3 aromatic carbocycles. The number of hydrogen-bond donors (Lipinski definition) is 0. The summed E-state index contributed by atoms with van der Waals surface area (Å²) in [5.41, 5.74) is 4.79. The van der Waals surface area contributed by atoms with Crippen LogP contribution >= 0.6 is 46.4 Å². The van der Waals surface area contributed by atoms with E-state index in [1.165, 1.54) is 0 Å². The summed E-state index contributed by atoms with van der Waals surface area (Å²) in [4.78, 5) is 0. The van der Waals surface area contributed by atoms with Crippen LogP contribution in [0.2, 0.25) is 20.1 Å². The maximum absolute atomic E-state index is 6.48. The molecule has 3 rings (SSSR count). The van der Waals surface area contributed by atoms with Crippen molar-refractivity contribution in [3.05, 3.63) is 80.3 Å². The summed E-state index contributed by atoms with van der Waals surface area (Å²) in [5.74, 6) is 0. The van der Waals surface area contributed by atoms with Gasteiger partial charge in [0.05, 0.1) is 0 Å². The summed E-state index contributed by atoms with van der Waals surface area (Å²) in [6.45, 7) is 1.97. The van der Waals surface area contributed by atoms with E-state index < -0.39 is 0 Å². The van der Waals surface area contributed by atoms with E-state index in [9.17, 15) is 0 Å². The fraction of sp³-hybridized carbons (Fsp3) is 0.0526. The number of rotatable bonds is 2. The van der Waals surface area contributed by atoms with Gasteiger partial charge in [0.2, 0.25) is 0 Å². The molecule has 0 aliphatic heterocycles. The van der Waals surface area contributed by atoms with E-state index in [-0.39, 0.29) is 0 Å². The van der Waals surface area contributed by atoms with E-state index in [0.717, 1.165) is 32.8 Å². The second-order valence-corrected chi connectivity index (χ2v) is 6.94. The second-order valence-electron chi connectivity index (χ2n) is 5.28. The lowest BCUT2D eigenvalue weighted by Crippen LogP contribution is -1.85. The first kappa shape index (κ1) is 16.7. The van der Waals surface area contributed by atoms with E-state index >= 15 is 0 Å². The highest BCUT2D eigenvalue weighted by Gasteiger charge is 2.10. The molecule has 0 nitrogen and oxygen atoms in total. The Morgan fingerprint density at radius 2 is 1.09 bits per heavy atom. The minimum absolute atomic E-state index is 0.597. The molecule has 23 heavy (non-hydrogen) atoms. The van der Waals surface area contributed by atoms with E-state index in [4.69, 9.17) is 46.4 Å². The molecular formula is C19H12Cl4. The zero-order chi connectivity index (χ0) is 16.6. The second kappa shape index (κ2) is 6.75. The largest absolute Gasteiger partial charge is 0.0843 e. The third-order valence-electron chi connectivity index (χ3n) is 3.69. The Morgan fingerprint density at radius 1 is 0.565 bits per heavy atom. The van der Waals surface area contributed by atoms with Crippen LogP contribution in [0.3, 0.4) is 0 Å². The van der Waals surface area contributed by atoms with Gasteiger partial charge in [0.15, 0.2) is 0 Å². The standard InChI is InChI=1S/C19H12Cl4/c1-11-2-3-12(8-17(11)21)15-6-4-13(9-18(15)22)16-7-5-14(20)10-19(16)23/h2-10H,1H3. The first-order valence-corrected chi connectivity index (χ1v) is 8.48. The van der Waals surface area contributed by atoms with Crippen LogP contribution < -0.4 is 0 Å². The lowest BCUT2D eigenvalue weighted by atomic mass is 9.99. The number of hydrogen-bond acceptors (Lipinski definition) is 0. The van der Waals surface area contributed by atoms with Crippen LogP contribution in [0.15, 0.2) is 54.6 Å². The quantitative estimate of drug-likeness (QED) is 0.422. The van der Waals surface area contributed by atoms with Gasteiger partial charge in [-0.15, -0.1) is 0 Å². The van der Waals surface area contributed by atoms with Gasteiger partial charge < -0.3 is 0 Å². The Morgan fingerprint density at radius 3 is 1.65 bits per heavy atom. The van der Waals surface area contributed by atoms with Crippen LogP contribution in [0.25, 0.3) is 22.3 Å². The number of halogens is 4. The molecule has 0 aliphatic rings. The van der Waals surface area contributed by atoms with Crippen LogP contribution in [0.4, 0.5) is 0 Å². The maximum Gasteiger partial charge on any atom is 0.0499 e. The molecule has 0 N–H and O–H groups in total. The van der Waals surface area contributed by atoms with E-state index in [1.54, 1.807) is 6.07 Å². The van der Waals surface area contributed by atoms with Gasteiger partial charge in [0.25, 0.3) is 0 Å². The average Bonchev–Trinajstić information content (AvgIpc) is 2.50. The first-order chi connectivity index (χ1) is 11.0. The summed E-state index contributed by atoms with van der Waals surface area (Å²) in [6, 6.07) is 17.2. The molecule has 0 aliphatic carbocycles. The Balaban J connectivity index is 2.05. The van der Waals surface area contributed by atoms with Crippen LogP contribution in [0.5, 0.6) is 0 Å². The molecule has 0 fully saturated rings. The molecule has 0 atom stereocenters. The van der Waals surface area contributed by atoms with Gasteiger partial charge in [-0.2, -0.15) is 0 Å². The van der Waals surface area contributed by atoms with Crippen molar-refractivity contribution in [2.75, 3.05) is 0 Å². The smallest absolute Gasteiger partial charge is 0.0499 e. The Labute approximate surface area is 155 Å². The molecule has 0 radical (unpaired) electrons. The molecule has 0 saturated carbocycles. The lowest BCUT2D eigenvalue weighted by molar-refractivity contribution is 1.47. The molecule has 0 aromatic heterocycles. The van der Waals surface area contributed by atoms with Crippen molar-refractivity contribution in [2.24, 2.45) is 0 Å². The highest BCUT2D eigenvalue weighted by atomic mass is 35.5. The van der Waals surface area contributed by atoms with E-state index in [0.29, 0.717) is 15.1 Å². The number of aryl methyl sites for hydroxylation is 1. The minimum atomic E-state index is 0.597. The van der Waals surface area contributed by atoms with Crippen LogP contribution in [-0.4, -0.2) is 0 Å². The maximum atomic E-state index is 6.48. The molecule has 116 valence electrons. The highest BCUT2D eigenvalue weighted by molar-refractivity contribution is 6.37. The van der Waals surface area contributed by atoms with Crippen LogP contribution in [0.1, 0.15) is 5.56 Å². The van der Waals surface area contributed by atoms with Crippen molar-refractivity contribution in [1.82, 2.24) is 0 Å². The molecule has 4 heteroatoms.